The fourth-order valence-electron chi connectivity index (χ4n) is 1.47. The minimum absolute atomic E-state index is 0.246. The summed E-state index contributed by atoms with van der Waals surface area (Å²) in [6.07, 6.45) is 2.56. The van der Waals surface area contributed by atoms with Gasteiger partial charge in [0.25, 0.3) is 0 Å². The van der Waals surface area contributed by atoms with E-state index in [4.69, 9.17) is 11.6 Å². The zero-order chi connectivity index (χ0) is 10.8. The molecule has 2 rings (SSSR count). The Morgan fingerprint density at radius 1 is 1.60 bits per heavy atom. The molecule has 0 bridgehead atoms. The molecule has 1 aliphatic rings. The highest BCUT2D eigenvalue weighted by Gasteiger charge is 2.29. The number of anilines is 1. The molecule has 1 N–H and O–H groups in total. The summed E-state index contributed by atoms with van der Waals surface area (Å²) in [4.78, 5) is 4.41. The first-order chi connectivity index (χ1) is 7.16. The van der Waals surface area contributed by atoms with Gasteiger partial charge in [-0.3, -0.25) is 0 Å². The van der Waals surface area contributed by atoms with Gasteiger partial charge in [0.05, 0.1) is 11.1 Å². The molecule has 1 aliphatic carbocycles. The van der Waals surface area contributed by atoms with Crippen LogP contribution in [0.1, 0.15) is 18.5 Å². The summed E-state index contributed by atoms with van der Waals surface area (Å²) in [5, 5.41) is 3.52. The Morgan fingerprint density at radius 3 is 2.93 bits per heavy atom. The van der Waals surface area contributed by atoms with E-state index in [1.807, 2.05) is 19.1 Å². The van der Waals surface area contributed by atoms with E-state index in [2.05, 4.69) is 26.2 Å². The Hall–Kier alpha value is -0.280. The highest BCUT2D eigenvalue weighted by atomic mass is 79.9. The van der Waals surface area contributed by atoms with Gasteiger partial charge in [-0.05, 0) is 53.7 Å². The maximum absolute atomic E-state index is 6.20. The van der Waals surface area contributed by atoms with Gasteiger partial charge in [-0.2, -0.15) is 0 Å². The highest BCUT2D eigenvalue weighted by Crippen LogP contribution is 2.35. The van der Waals surface area contributed by atoms with Crippen molar-refractivity contribution in [3.8, 4) is 0 Å². The summed E-state index contributed by atoms with van der Waals surface area (Å²) in [5.41, 5.74) is 0.998. The summed E-state index contributed by atoms with van der Waals surface area (Å²) in [6.45, 7) is 2.79. The molecule has 1 aromatic heterocycles. The molecule has 0 radical (unpaired) electrons. The Labute approximate surface area is 104 Å². The van der Waals surface area contributed by atoms with Crippen LogP contribution in [0.5, 0.6) is 0 Å². The van der Waals surface area contributed by atoms with Gasteiger partial charge in [-0.25, -0.2) is 4.98 Å². The fraction of sp³-hybridized carbons (Fsp3) is 0.545. The molecule has 0 spiro atoms. The number of nitrogens with zero attached hydrogens (tertiary/aromatic N) is 1. The minimum Gasteiger partial charge on any atom is -0.369 e. The van der Waals surface area contributed by atoms with Gasteiger partial charge in [-0.1, -0.05) is 0 Å². The number of rotatable bonds is 4. The van der Waals surface area contributed by atoms with Crippen LogP contribution in [0.2, 0.25) is 0 Å². The largest absolute Gasteiger partial charge is 0.369 e. The maximum Gasteiger partial charge on any atom is 0.126 e. The molecule has 82 valence electrons. The van der Waals surface area contributed by atoms with Gasteiger partial charge in [0.1, 0.15) is 5.82 Å². The molecule has 1 saturated carbocycles. The first kappa shape index (κ1) is 11.2. The zero-order valence-electron chi connectivity index (χ0n) is 8.63. The van der Waals surface area contributed by atoms with Crippen LogP contribution >= 0.6 is 27.5 Å². The number of aryl methyl sites for hydroxylation is 1. The number of hydrogen-bond acceptors (Lipinski definition) is 2. The Kier molecular flexibility index (Phi) is 3.52. The second-order valence-corrected chi connectivity index (χ2v) is 5.41. The van der Waals surface area contributed by atoms with Crippen molar-refractivity contribution in [3.05, 3.63) is 22.3 Å². The second-order valence-electron chi connectivity index (χ2n) is 4.00. The average molecular weight is 290 g/mol. The summed E-state index contributed by atoms with van der Waals surface area (Å²) < 4.78 is 1.04. The van der Waals surface area contributed by atoms with E-state index in [-0.39, 0.29) is 5.38 Å². The van der Waals surface area contributed by atoms with Crippen LogP contribution in [-0.4, -0.2) is 16.9 Å². The molecule has 1 fully saturated rings. The smallest absolute Gasteiger partial charge is 0.126 e. The molecule has 1 aromatic rings. The number of nitrogens with one attached hydrogen (secondary N) is 1. The standard InChI is InChI=1S/C11H14BrClN2/c1-7-9(12)4-5-11(15-7)14-6-10(13)8-2-3-8/h4-5,8,10H,2-3,6H2,1H3,(H,14,15). The number of alkyl halides is 1. The van der Waals surface area contributed by atoms with Crippen molar-refractivity contribution in [2.75, 3.05) is 11.9 Å². The normalized spacial score (nSPS) is 17.5. The lowest BCUT2D eigenvalue weighted by atomic mass is 10.3. The van der Waals surface area contributed by atoms with Crippen molar-refractivity contribution in [2.45, 2.75) is 25.1 Å². The van der Waals surface area contributed by atoms with Gasteiger partial charge >= 0.3 is 0 Å². The Bertz CT molecular complexity index is 352. The lowest BCUT2D eigenvalue weighted by molar-refractivity contribution is 0.768. The minimum atomic E-state index is 0.246. The van der Waals surface area contributed by atoms with E-state index in [0.717, 1.165) is 28.4 Å². The molecule has 0 saturated heterocycles. The van der Waals surface area contributed by atoms with Gasteiger partial charge < -0.3 is 5.32 Å². The highest BCUT2D eigenvalue weighted by molar-refractivity contribution is 9.10. The van der Waals surface area contributed by atoms with E-state index in [1.54, 1.807) is 0 Å². The lowest BCUT2D eigenvalue weighted by Gasteiger charge is -2.10. The number of halogens is 2. The predicted octanol–water partition coefficient (Wildman–Crippen LogP) is 3.58. The van der Waals surface area contributed by atoms with Crippen molar-refractivity contribution in [2.24, 2.45) is 5.92 Å². The quantitative estimate of drug-likeness (QED) is 0.857. The third-order valence-corrected chi connectivity index (χ3v) is 3.98. The molecule has 0 amide bonds. The zero-order valence-corrected chi connectivity index (χ0v) is 11.0. The van der Waals surface area contributed by atoms with Crippen molar-refractivity contribution in [1.29, 1.82) is 0 Å². The van der Waals surface area contributed by atoms with E-state index in [1.165, 1.54) is 12.8 Å². The molecule has 0 aromatic carbocycles. The van der Waals surface area contributed by atoms with Crippen molar-refractivity contribution in [3.63, 3.8) is 0 Å². The Morgan fingerprint density at radius 2 is 2.33 bits per heavy atom. The molecule has 1 unspecified atom stereocenters. The molecule has 0 aliphatic heterocycles. The summed E-state index contributed by atoms with van der Waals surface area (Å²) in [6, 6.07) is 3.97. The number of aromatic nitrogens is 1. The molecule has 15 heavy (non-hydrogen) atoms. The van der Waals surface area contributed by atoms with Gasteiger partial charge in [-0.15, -0.1) is 11.6 Å². The van der Waals surface area contributed by atoms with Crippen LogP contribution in [0.3, 0.4) is 0 Å². The molecular weight excluding hydrogens is 275 g/mol. The predicted molar refractivity (Wildman–Crippen MR) is 67.5 cm³/mol. The van der Waals surface area contributed by atoms with Gasteiger partial charge in [0.15, 0.2) is 0 Å². The molecule has 1 heterocycles. The van der Waals surface area contributed by atoms with E-state index < -0.39 is 0 Å². The molecular formula is C11H14BrClN2. The fourth-order valence-corrected chi connectivity index (χ4v) is 2.02. The first-order valence-electron chi connectivity index (χ1n) is 5.18. The van der Waals surface area contributed by atoms with Crippen LogP contribution in [0, 0.1) is 12.8 Å². The van der Waals surface area contributed by atoms with Crippen LogP contribution in [0.25, 0.3) is 0 Å². The monoisotopic (exact) mass is 288 g/mol. The van der Waals surface area contributed by atoms with Gasteiger partial charge in [0, 0.05) is 11.0 Å². The third kappa shape index (κ3) is 3.08. The third-order valence-electron chi connectivity index (χ3n) is 2.63. The number of pyridine rings is 1. The number of hydrogen-bond donors (Lipinski definition) is 1. The molecule has 4 heteroatoms. The van der Waals surface area contributed by atoms with Crippen LogP contribution < -0.4 is 5.32 Å². The summed E-state index contributed by atoms with van der Waals surface area (Å²) >= 11 is 9.63. The summed E-state index contributed by atoms with van der Waals surface area (Å²) in [5.74, 6) is 1.62. The Balaban J connectivity index is 1.89. The lowest BCUT2D eigenvalue weighted by Crippen LogP contribution is -2.16. The topological polar surface area (TPSA) is 24.9 Å². The van der Waals surface area contributed by atoms with Crippen molar-refractivity contribution >= 4 is 33.3 Å². The van der Waals surface area contributed by atoms with Crippen molar-refractivity contribution in [1.82, 2.24) is 4.98 Å². The molecule has 2 nitrogen and oxygen atoms in total. The summed E-state index contributed by atoms with van der Waals surface area (Å²) in [7, 11) is 0. The van der Waals surface area contributed by atoms with E-state index >= 15 is 0 Å². The molecule has 1 atom stereocenters. The SMILES string of the molecule is Cc1nc(NCC(Cl)C2CC2)ccc1Br. The van der Waals surface area contributed by atoms with Gasteiger partial charge in [0.2, 0.25) is 0 Å². The average Bonchev–Trinajstić information content (AvgIpc) is 3.03. The van der Waals surface area contributed by atoms with Crippen LogP contribution in [-0.2, 0) is 0 Å². The van der Waals surface area contributed by atoms with E-state index in [9.17, 15) is 0 Å². The second kappa shape index (κ2) is 4.71. The van der Waals surface area contributed by atoms with E-state index in [0.29, 0.717) is 0 Å². The van der Waals surface area contributed by atoms with Crippen LogP contribution in [0.4, 0.5) is 5.82 Å². The van der Waals surface area contributed by atoms with Crippen molar-refractivity contribution < 1.29 is 0 Å². The first-order valence-corrected chi connectivity index (χ1v) is 6.41. The maximum atomic E-state index is 6.20. The van der Waals surface area contributed by atoms with Crippen LogP contribution in [0.15, 0.2) is 16.6 Å².